The van der Waals surface area contributed by atoms with Gasteiger partial charge >= 0.3 is 0 Å². The summed E-state index contributed by atoms with van der Waals surface area (Å²) in [5.41, 5.74) is 2.72. The molecule has 0 saturated carbocycles. The molecular formula is C17H23Cl2N. The molecule has 0 bridgehead atoms. The van der Waals surface area contributed by atoms with Crippen LogP contribution in [-0.4, -0.2) is 6.54 Å². The molecule has 2 rings (SSSR count). The van der Waals surface area contributed by atoms with E-state index >= 15 is 0 Å². The molecular weight excluding hydrogens is 289 g/mol. The number of likely N-dealkylation sites (N-methyl/N-ethyl adjacent to an activating group) is 1. The number of allylic oxidation sites excluding steroid dienone is 1. The zero-order chi connectivity index (χ0) is 14.4. The number of hydrogen-bond acceptors (Lipinski definition) is 1. The van der Waals surface area contributed by atoms with E-state index in [1.807, 2.05) is 12.1 Å². The molecule has 0 aliphatic heterocycles. The van der Waals surface area contributed by atoms with E-state index in [1.165, 1.54) is 49.7 Å². The molecule has 20 heavy (non-hydrogen) atoms. The largest absolute Gasteiger partial charge is 0.307 e. The highest BCUT2D eigenvalue weighted by Gasteiger charge is 2.17. The van der Waals surface area contributed by atoms with Gasteiger partial charge in [0.15, 0.2) is 0 Å². The summed E-state index contributed by atoms with van der Waals surface area (Å²) < 4.78 is 0. The third-order valence-electron chi connectivity index (χ3n) is 3.88. The predicted molar refractivity (Wildman–Crippen MR) is 88.7 cm³/mol. The van der Waals surface area contributed by atoms with Crippen molar-refractivity contribution in [3.63, 3.8) is 0 Å². The number of halogens is 2. The van der Waals surface area contributed by atoms with Gasteiger partial charge < -0.3 is 5.32 Å². The van der Waals surface area contributed by atoms with Crippen molar-refractivity contribution in [2.24, 2.45) is 0 Å². The minimum absolute atomic E-state index is 0.271. The highest BCUT2D eigenvalue weighted by molar-refractivity contribution is 6.42. The minimum atomic E-state index is 0.271. The standard InChI is InChI=1S/C17H23Cl2N/c1-2-20-17(13-8-6-4-3-5-7-9-13)14-10-11-15(18)16(19)12-14/h8,10-12,17,20H,2-7,9H2,1H3/b13-8+. The van der Waals surface area contributed by atoms with Gasteiger partial charge in [-0.25, -0.2) is 0 Å². The Morgan fingerprint density at radius 3 is 2.65 bits per heavy atom. The van der Waals surface area contributed by atoms with Crippen LogP contribution in [0.15, 0.2) is 29.8 Å². The van der Waals surface area contributed by atoms with Crippen molar-refractivity contribution in [3.05, 3.63) is 45.5 Å². The first kappa shape index (κ1) is 15.9. The van der Waals surface area contributed by atoms with Crippen LogP contribution in [0.3, 0.4) is 0 Å². The molecule has 1 aliphatic rings. The predicted octanol–water partition coefficient (Wildman–Crippen LogP) is 5.92. The SMILES string of the molecule is CCNC(/C1=C/CCCCCC1)c1ccc(Cl)c(Cl)c1. The second-order valence-corrected chi connectivity index (χ2v) is 6.21. The third kappa shape index (κ3) is 4.25. The average Bonchev–Trinajstić information content (AvgIpc) is 2.40. The van der Waals surface area contributed by atoms with Crippen LogP contribution in [0, 0.1) is 0 Å². The molecule has 1 nitrogen and oxygen atoms in total. The number of hydrogen-bond donors (Lipinski definition) is 1. The lowest BCUT2D eigenvalue weighted by molar-refractivity contribution is 0.554. The monoisotopic (exact) mass is 311 g/mol. The summed E-state index contributed by atoms with van der Waals surface area (Å²) in [6.45, 7) is 3.09. The molecule has 0 aromatic heterocycles. The van der Waals surface area contributed by atoms with Crippen LogP contribution in [0.2, 0.25) is 10.0 Å². The lowest BCUT2D eigenvalue weighted by atomic mass is 9.91. The van der Waals surface area contributed by atoms with Crippen LogP contribution in [0.25, 0.3) is 0 Å². The van der Waals surface area contributed by atoms with Gasteiger partial charge in [0.25, 0.3) is 0 Å². The Balaban J connectivity index is 2.26. The summed E-state index contributed by atoms with van der Waals surface area (Å²) in [5.74, 6) is 0. The second kappa shape index (κ2) is 8.07. The summed E-state index contributed by atoms with van der Waals surface area (Å²) in [7, 11) is 0. The Morgan fingerprint density at radius 2 is 1.90 bits per heavy atom. The molecule has 3 heteroatoms. The summed E-state index contributed by atoms with van der Waals surface area (Å²) in [4.78, 5) is 0. The quantitative estimate of drug-likeness (QED) is 0.680. The fraction of sp³-hybridized carbons (Fsp3) is 0.529. The van der Waals surface area contributed by atoms with Crippen molar-refractivity contribution in [1.29, 1.82) is 0 Å². The Labute approximate surface area is 132 Å². The zero-order valence-corrected chi connectivity index (χ0v) is 13.6. The van der Waals surface area contributed by atoms with E-state index < -0.39 is 0 Å². The van der Waals surface area contributed by atoms with Crippen molar-refractivity contribution in [2.45, 2.75) is 51.5 Å². The van der Waals surface area contributed by atoms with Crippen molar-refractivity contribution in [1.82, 2.24) is 5.32 Å². The molecule has 0 spiro atoms. The normalized spacial score (nSPS) is 20.6. The number of benzene rings is 1. The van der Waals surface area contributed by atoms with E-state index in [4.69, 9.17) is 23.2 Å². The maximum absolute atomic E-state index is 6.18. The molecule has 1 N–H and O–H groups in total. The van der Waals surface area contributed by atoms with E-state index in [9.17, 15) is 0 Å². The van der Waals surface area contributed by atoms with Gasteiger partial charge in [-0.05, 0) is 49.9 Å². The molecule has 1 aromatic rings. The maximum atomic E-state index is 6.18. The van der Waals surface area contributed by atoms with Crippen LogP contribution >= 0.6 is 23.2 Å². The third-order valence-corrected chi connectivity index (χ3v) is 4.62. The smallest absolute Gasteiger partial charge is 0.0595 e. The van der Waals surface area contributed by atoms with E-state index in [0.717, 1.165) is 6.54 Å². The first-order valence-electron chi connectivity index (χ1n) is 7.59. The fourth-order valence-electron chi connectivity index (χ4n) is 2.84. The summed E-state index contributed by atoms with van der Waals surface area (Å²) in [6, 6.07) is 6.25. The van der Waals surface area contributed by atoms with Crippen molar-refractivity contribution >= 4 is 23.2 Å². The molecule has 1 aromatic carbocycles. The minimum Gasteiger partial charge on any atom is -0.307 e. The lowest BCUT2D eigenvalue weighted by Crippen LogP contribution is -2.23. The Kier molecular flexibility index (Phi) is 6.41. The highest BCUT2D eigenvalue weighted by Crippen LogP contribution is 2.32. The van der Waals surface area contributed by atoms with Gasteiger partial charge in [-0.15, -0.1) is 0 Å². The first-order chi connectivity index (χ1) is 9.72. The van der Waals surface area contributed by atoms with Crippen molar-refractivity contribution < 1.29 is 0 Å². The molecule has 0 saturated heterocycles. The van der Waals surface area contributed by atoms with Gasteiger partial charge in [-0.1, -0.05) is 60.7 Å². The second-order valence-electron chi connectivity index (χ2n) is 5.40. The number of rotatable bonds is 4. The summed E-state index contributed by atoms with van der Waals surface area (Å²) >= 11 is 12.2. The zero-order valence-electron chi connectivity index (χ0n) is 12.1. The number of nitrogens with one attached hydrogen (secondary N) is 1. The topological polar surface area (TPSA) is 12.0 Å². The lowest BCUT2D eigenvalue weighted by Gasteiger charge is -2.24. The van der Waals surface area contributed by atoms with E-state index in [-0.39, 0.29) is 6.04 Å². The van der Waals surface area contributed by atoms with Gasteiger partial charge in [0.05, 0.1) is 16.1 Å². The van der Waals surface area contributed by atoms with E-state index in [0.29, 0.717) is 10.0 Å². The highest BCUT2D eigenvalue weighted by atomic mass is 35.5. The van der Waals surface area contributed by atoms with Gasteiger partial charge in [-0.2, -0.15) is 0 Å². The molecule has 1 atom stereocenters. The average molecular weight is 312 g/mol. The Morgan fingerprint density at radius 1 is 1.10 bits per heavy atom. The molecule has 0 amide bonds. The van der Waals surface area contributed by atoms with E-state index in [2.05, 4.69) is 24.4 Å². The fourth-order valence-corrected chi connectivity index (χ4v) is 3.14. The van der Waals surface area contributed by atoms with Crippen molar-refractivity contribution in [3.8, 4) is 0 Å². The Bertz CT molecular complexity index is 468. The first-order valence-corrected chi connectivity index (χ1v) is 8.35. The molecule has 0 radical (unpaired) electrons. The van der Waals surface area contributed by atoms with Crippen LogP contribution in [0.5, 0.6) is 0 Å². The van der Waals surface area contributed by atoms with Crippen LogP contribution in [0.4, 0.5) is 0 Å². The van der Waals surface area contributed by atoms with Gasteiger partial charge in [0.2, 0.25) is 0 Å². The maximum Gasteiger partial charge on any atom is 0.0595 e. The molecule has 0 fully saturated rings. The van der Waals surface area contributed by atoms with Crippen molar-refractivity contribution in [2.75, 3.05) is 6.54 Å². The molecule has 1 unspecified atom stereocenters. The van der Waals surface area contributed by atoms with Crippen LogP contribution < -0.4 is 5.32 Å². The summed E-state index contributed by atoms with van der Waals surface area (Å²) in [5, 5.41) is 4.85. The Hall–Kier alpha value is -0.500. The molecule has 1 aliphatic carbocycles. The van der Waals surface area contributed by atoms with Crippen LogP contribution in [-0.2, 0) is 0 Å². The van der Waals surface area contributed by atoms with Gasteiger partial charge in [0.1, 0.15) is 0 Å². The van der Waals surface area contributed by atoms with Crippen LogP contribution in [0.1, 0.15) is 57.1 Å². The molecule has 0 heterocycles. The van der Waals surface area contributed by atoms with Gasteiger partial charge in [0, 0.05) is 0 Å². The summed E-state index contributed by atoms with van der Waals surface area (Å²) in [6.07, 6.45) is 10.1. The van der Waals surface area contributed by atoms with Gasteiger partial charge in [-0.3, -0.25) is 0 Å². The van der Waals surface area contributed by atoms with E-state index in [1.54, 1.807) is 0 Å². The molecule has 110 valence electrons.